The average molecular weight is 425 g/mol. The number of ether oxygens (including phenoxy) is 3. The molecule has 1 aromatic heterocycles. The Kier molecular flexibility index (Phi) is 5.64. The van der Waals surface area contributed by atoms with Gasteiger partial charge in [-0.1, -0.05) is 11.3 Å². The number of hydrogen-bond acceptors (Lipinski definition) is 7. The molecule has 0 aliphatic rings. The summed E-state index contributed by atoms with van der Waals surface area (Å²) in [4.78, 5) is 14.0. The topological polar surface area (TPSA) is 97.9 Å². The summed E-state index contributed by atoms with van der Waals surface area (Å²) < 4.78 is 43.8. The minimum absolute atomic E-state index is 0.0945. The highest BCUT2D eigenvalue weighted by molar-refractivity contribution is 7.89. The summed E-state index contributed by atoms with van der Waals surface area (Å²) in [5.74, 6) is 1.32. The molecular formula is C18H20N2O6S2. The molecule has 0 spiro atoms. The second-order valence-corrected chi connectivity index (χ2v) is 9.03. The Bertz CT molecular complexity index is 1140. The van der Waals surface area contributed by atoms with Crippen molar-refractivity contribution >= 4 is 31.6 Å². The number of aromatic nitrogens is 1. The average Bonchev–Trinajstić information content (AvgIpc) is 3.06. The van der Waals surface area contributed by atoms with Crippen molar-refractivity contribution in [1.29, 1.82) is 0 Å². The van der Waals surface area contributed by atoms with Crippen LogP contribution in [0.2, 0.25) is 0 Å². The molecule has 28 heavy (non-hydrogen) atoms. The Balaban J connectivity index is 1.94. The van der Waals surface area contributed by atoms with Gasteiger partial charge in [0, 0.05) is 13.6 Å². The van der Waals surface area contributed by atoms with Crippen LogP contribution in [-0.2, 0) is 16.6 Å². The van der Waals surface area contributed by atoms with Crippen LogP contribution in [0.25, 0.3) is 10.2 Å². The molecule has 10 heteroatoms. The zero-order valence-electron chi connectivity index (χ0n) is 15.8. The number of thiazole rings is 1. The van der Waals surface area contributed by atoms with Crippen LogP contribution in [0, 0.1) is 0 Å². The van der Waals surface area contributed by atoms with Gasteiger partial charge in [-0.15, -0.1) is 0 Å². The van der Waals surface area contributed by atoms with Gasteiger partial charge in [-0.3, -0.25) is 4.79 Å². The number of sulfonamides is 1. The van der Waals surface area contributed by atoms with Gasteiger partial charge in [0.05, 0.1) is 36.4 Å². The maximum absolute atomic E-state index is 13.0. The number of hydrogen-bond donors (Lipinski definition) is 1. The third-order valence-electron chi connectivity index (χ3n) is 4.23. The summed E-state index contributed by atoms with van der Waals surface area (Å²) in [6.45, 7) is 0.0945. The van der Waals surface area contributed by atoms with Crippen molar-refractivity contribution in [2.24, 2.45) is 0 Å². The molecule has 1 N–H and O–H groups in total. The van der Waals surface area contributed by atoms with Crippen LogP contribution in [0.1, 0.15) is 5.56 Å². The van der Waals surface area contributed by atoms with Crippen molar-refractivity contribution in [3.05, 3.63) is 45.6 Å². The van der Waals surface area contributed by atoms with E-state index in [1.807, 2.05) is 0 Å². The van der Waals surface area contributed by atoms with E-state index >= 15 is 0 Å². The standard InChI is InChI=1S/C18H20N2O6S2/c1-20(10-11-7-14(24-2)17(26-4)15(8-11)25-3)28(22,23)12-5-6-16-13(9-12)19-18(21)27-16/h5-9H,10H2,1-4H3,(H,19,21). The normalized spacial score (nSPS) is 11.8. The first-order chi connectivity index (χ1) is 13.3. The van der Waals surface area contributed by atoms with Gasteiger partial charge in [0.1, 0.15) is 0 Å². The van der Waals surface area contributed by atoms with Crippen LogP contribution in [0.3, 0.4) is 0 Å². The maximum Gasteiger partial charge on any atom is 0.305 e. The van der Waals surface area contributed by atoms with E-state index in [4.69, 9.17) is 14.2 Å². The van der Waals surface area contributed by atoms with Gasteiger partial charge in [-0.2, -0.15) is 4.31 Å². The lowest BCUT2D eigenvalue weighted by Gasteiger charge is -2.19. The molecule has 0 bridgehead atoms. The fourth-order valence-electron chi connectivity index (χ4n) is 2.84. The smallest absolute Gasteiger partial charge is 0.305 e. The maximum atomic E-state index is 13.0. The summed E-state index contributed by atoms with van der Waals surface area (Å²) in [7, 11) is 2.21. The fourth-order valence-corrected chi connectivity index (χ4v) is 4.74. The summed E-state index contributed by atoms with van der Waals surface area (Å²) in [5.41, 5.74) is 1.17. The van der Waals surface area contributed by atoms with Crippen LogP contribution in [0.4, 0.5) is 0 Å². The van der Waals surface area contributed by atoms with E-state index in [9.17, 15) is 13.2 Å². The van der Waals surface area contributed by atoms with Crippen LogP contribution >= 0.6 is 11.3 Å². The molecule has 0 amide bonds. The molecule has 0 fully saturated rings. The van der Waals surface area contributed by atoms with Gasteiger partial charge >= 0.3 is 4.87 Å². The van der Waals surface area contributed by atoms with Crippen molar-refractivity contribution < 1.29 is 22.6 Å². The Morgan fingerprint density at radius 3 is 2.25 bits per heavy atom. The summed E-state index contributed by atoms with van der Waals surface area (Å²) in [6, 6.07) is 7.99. The van der Waals surface area contributed by atoms with E-state index in [1.54, 1.807) is 18.2 Å². The number of fused-ring (bicyclic) bond motifs is 1. The number of aromatic amines is 1. The fraction of sp³-hybridized carbons (Fsp3) is 0.278. The Hall–Kier alpha value is -2.56. The number of benzene rings is 2. The number of H-pyrrole nitrogens is 1. The number of rotatable bonds is 7. The molecule has 8 nitrogen and oxygen atoms in total. The van der Waals surface area contributed by atoms with Crippen molar-refractivity contribution in [2.45, 2.75) is 11.4 Å². The lowest BCUT2D eigenvalue weighted by atomic mass is 10.2. The van der Waals surface area contributed by atoms with Gasteiger partial charge in [0.15, 0.2) is 11.5 Å². The summed E-state index contributed by atoms with van der Waals surface area (Å²) in [5, 5.41) is 0. The first kappa shape index (κ1) is 20.2. The Labute approximate surface area is 166 Å². The van der Waals surface area contributed by atoms with E-state index in [0.717, 1.165) is 11.3 Å². The van der Waals surface area contributed by atoms with E-state index in [2.05, 4.69) is 4.98 Å². The second kappa shape index (κ2) is 7.82. The minimum atomic E-state index is -3.77. The Morgan fingerprint density at radius 1 is 1.04 bits per heavy atom. The monoisotopic (exact) mass is 424 g/mol. The quantitative estimate of drug-likeness (QED) is 0.626. The van der Waals surface area contributed by atoms with Gasteiger partial charge in [-0.25, -0.2) is 8.42 Å². The number of methoxy groups -OCH3 is 3. The van der Waals surface area contributed by atoms with Crippen molar-refractivity contribution in [3.63, 3.8) is 0 Å². The molecule has 0 atom stereocenters. The first-order valence-electron chi connectivity index (χ1n) is 8.18. The number of nitrogens with zero attached hydrogens (tertiary/aromatic N) is 1. The molecule has 0 aliphatic heterocycles. The second-order valence-electron chi connectivity index (χ2n) is 5.97. The van der Waals surface area contributed by atoms with Crippen molar-refractivity contribution in [1.82, 2.24) is 9.29 Å². The van der Waals surface area contributed by atoms with Crippen LogP contribution in [0.5, 0.6) is 17.2 Å². The van der Waals surface area contributed by atoms with E-state index in [0.29, 0.717) is 33.0 Å². The zero-order valence-corrected chi connectivity index (χ0v) is 17.4. The highest BCUT2D eigenvalue weighted by atomic mass is 32.2. The largest absolute Gasteiger partial charge is 0.493 e. The minimum Gasteiger partial charge on any atom is -0.493 e. The Morgan fingerprint density at radius 2 is 1.68 bits per heavy atom. The lowest BCUT2D eigenvalue weighted by Crippen LogP contribution is -2.26. The molecule has 0 radical (unpaired) electrons. The van der Waals surface area contributed by atoms with Gasteiger partial charge in [-0.05, 0) is 35.9 Å². The molecule has 2 aromatic carbocycles. The predicted molar refractivity (Wildman–Crippen MR) is 107 cm³/mol. The highest BCUT2D eigenvalue weighted by Gasteiger charge is 2.23. The van der Waals surface area contributed by atoms with Crippen LogP contribution in [0.15, 0.2) is 40.0 Å². The highest BCUT2D eigenvalue weighted by Crippen LogP contribution is 2.38. The van der Waals surface area contributed by atoms with E-state index in [-0.39, 0.29) is 16.3 Å². The first-order valence-corrected chi connectivity index (χ1v) is 10.4. The zero-order chi connectivity index (χ0) is 20.5. The lowest BCUT2D eigenvalue weighted by molar-refractivity contribution is 0.323. The molecule has 0 aliphatic carbocycles. The van der Waals surface area contributed by atoms with E-state index < -0.39 is 10.0 Å². The van der Waals surface area contributed by atoms with Gasteiger partial charge in [0.25, 0.3) is 0 Å². The molecule has 3 rings (SSSR count). The molecule has 1 heterocycles. The van der Waals surface area contributed by atoms with Crippen molar-refractivity contribution in [3.8, 4) is 17.2 Å². The molecule has 0 saturated carbocycles. The SMILES string of the molecule is COc1cc(CN(C)S(=O)(=O)c2ccc3sc(=O)[nH]c3c2)cc(OC)c1OC. The van der Waals surface area contributed by atoms with Crippen LogP contribution in [-0.4, -0.2) is 46.1 Å². The van der Waals surface area contributed by atoms with Gasteiger partial charge in [0.2, 0.25) is 15.8 Å². The molecular weight excluding hydrogens is 404 g/mol. The summed E-state index contributed by atoms with van der Waals surface area (Å²) in [6.07, 6.45) is 0. The van der Waals surface area contributed by atoms with Gasteiger partial charge < -0.3 is 19.2 Å². The van der Waals surface area contributed by atoms with Crippen LogP contribution < -0.4 is 19.1 Å². The third-order valence-corrected chi connectivity index (χ3v) is 6.89. The molecule has 0 unspecified atom stereocenters. The number of nitrogens with one attached hydrogen (secondary N) is 1. The predicted octanol–water partition coefficient (Wildman–Crippen LogP) is 2.44. The molecule has 3 aromatic rings. The summed E-state index contributed by atoms with van der Waals surface area (Å²) >= 11 is 1.03. The molecule has 0 saturated heterocycles. The van der Waals surface area contributed by atoms with E-state index in [1.165, 1.54) is 44.8 Å². The van der Waals surface area contributed by atoms with Crippen molar-refractivity contribution in [2.75, 3.05) is 28.4 Å². The third kappa shape index (κ3) is 3.71. The molecule has 150 valence electrons.